The van der Waals surface area contributed by atoms with Gasteiger partial charge in [-0.25, -0.2) is 9.78 Å². The van der Waals surface area contributed by atoms with E-state index in [1.54, 1.807) is 41.3 Å². The van der Waals surface area contributed by atoms with Crippen molar-refractivity contribution in [1.82, 2.24) is 9.88 Å². The Morgan fingerprint density at radius 2 is 1.70 bits per heavy atom. The Balaban J connectivity index is 1.69. The van der Waals surface area contributed by atoms with Crippen molar-refractivity contribution < 1.29 is 23.9 Å². The number of morpholine rings is 1. The zero-order chi connectivity index (χ0) is 19.2. The molecule has 27 heavy (non-hydrogen) atoms. The lowest BCUT2D eigenvalue weighted by atomic mass is 10.2. The lowest BCUT2D eigenvalue weighted by Crippen LogP contribution is -2.41. The quantitative estimate of drug-likeness (QED) is 0.822. The Labute approximate surface area is 156 Å². The molecule has 2 aromatic rings. The molecule has 1 aliphatic rings. The average Bonchev–Trinajstić information content (AvgIpc) is 2.74. The molecular weight excluding hydrogens is 350 g/mol. The molecule has 1 aromatic heterocycles. The summed E-state index contributed by atoms with van der Waals surface area (Å²) in [4.78, 5) is 42.2. The van der Waals surface area contributed by atoms with Crippen LogP contribution in [0.3, 0.4) is 0 Å². The third-order valence-electron chi connectivity index (χ3n) is 4.06. The molecule has 8 heteroatoms. The number of rotatable bonds is 4. The van der Waals surface area contributed by atoms with E-state index < -0.39 is 11.9 Å². The van der Waals surface area contributed by atoms with E-state index in [4.69, 9.17) is 4.74 Å². The standard InChI is InChI=1S/C19H19N3O5/c1-26-19(25)13-5-7-14(8-6-13)20-17(23)15-3-2-4-16(21-15)18(24)22-9-11-27-12-10-22/h2-8H,9-12H2,1H3,(H,20,23). The summed E-state index contributed by atoms with van der Waals surface area (Å²) in [6.45, 7) is 1.99. The highest BCUT2D eigenvalue weighted by atomic mass is 16.5. The molecular formula is C19H19N3O5. The summed E-state index contributed by atoms with van der Waals surface area (Å²) in [5, 5.41) is 2.69. The lowest BCUT2D eigenvalue weighted by Gasteiger charge is -2.26. The number of benzene rings is 1. The SMILES string of the molecule is COC(=O)c1ccc(NC(=O)c2cccc(C(=O)N3CCOCC3)n2)cc1. The minimum absolute atomic E-state index is 0.131. The van der Waals surface area contributed by atoms with Crippen LogP contribution in [0.15, 0.2) is 42.5 Å². The summed E-state index contributed by atoms with van der Waals surface area (Å²) >= 11 is 0. The lowest BCUT2D eigenvalue weighted by molar-refractivity contribution is 0.0299. The molecule has 1 fully saturated rings. The Bertz CT molecular complexity index is 845. The fourth-order valence-electron chi connectivity index (χ4n) is 2.61. The molecule has 2 amide bonds. The molecule has 2 heterocycles. The molecule has 0 unspecified atom stereocenters. The van der Waals surface area contributed by atoms with Crippen LogP contribution in [-0.2, 0) is 9.47 Å². The molecule has 0 aliphatic carbocycles. The first-order valence-electron chi connectivity index (χ1n) is 8.42. The minimum Gasteiger partial charge on any atom is -0.465 e. The minimum atomic E-state index is -0.455. The Morgan fingerprint density at radius 1 is 1.04 bits per heavy atom. The number of carbonyl (C=O) groups excluding carboxylic acids is 3. The van der Waals surface area contributed by atoms with Gasteiger partial charge < -0.3 is 19.7 Å². The van der Waals surface area contributed by atoms with Crippen LogP contribution < -0.4 is 5.32 Å². The van der Waals surface area contributed by atoms with Gasteiger partial charge in [0.15, 0.2) is 0 Å². The average molecular weight is 369 g/mol. The molecule has 140 valence electrons. The number of methoxy groups -OCH3 is 1. The van der Waals surface area contributed by atoms with Gasteiger partial charge in [-0.3, -0.25) is 9.59 Å². The molecule has 8 nitrogen and oxygen atoms in total. The van der Waals surface area contributed by atoms with Crippen LogP contribution in [0.4, 0.5) is 5.69 Å². The molecule has 0 bridgehead atoms. The van der Waals surface area contributed by atoms with Crippen molar-refractivity contribution in [3.05, 3.63) is 59.4 Å². The van der Waals surface area contributed by atoms with Crippen molar-refractivity contribution in [3.8, 4) is 0 Å². The summed E-state index contributed by atoms with van der Waals surface area (Å²) in [5.41, 5.74) is 1.22. The predicted octanol–water partition coefficient (Wildman–Crippen LogP) is 1.59. The molecule has 0 saturated carbocycles. The molecule has 0 radical (unpaired) electrons. The van der Waals surface area contributed by atoms with Gasteiger partial charge in [-0.1, -0.05) is 6.07 Å². The van der Waals surface area contributed by atoms with E-state index in [1.807, 2.05) is 0 Å². The van der Waals surface area contributed by atoms with Crippen LogP contribution >= 0.6 is 0 Å². The molecule has 1 saturated heterocycles. The van der Waals surface area contributed by atoms with Crippen molar-refractivity contribution in [2.75, 3.05) is 38.7 Å². The molecule has 0 atom stereocenters. The number of anilines is 1. The van der Waals surface area contributed by atoms with Crippen LogP contribution in [-0.4, -0.2) is 61.1 Å². The molecule has 1 N–H and O–H groups in total. The van der Waals surface area contributed by atoms with Gasteiger partial charge >= 0.3 is 5.97 Å². The number of hydrogen-bond donors (Lipinski definition) is 1. The van der Waals surface area contributed by atoms with Crippen molar-refractivity contribution in [3.63, 3.8) is 0 Å². The van der Waals surface area contributed by atoms with Gasteiger partial charge in [-0.05, 0) is 36.4 Å². The van der Waals surface area contributed by atoms with E-state index >= 15 is 0 Å². The second-order valence-electron chi connectivity index (χ2n) is 5.84. The number of esters is 1. The number of carbonyl (C=O) groups is 3. The summed E-state index contributed by atoms with van der Waals surface area (Å²) in [6, 6.07) is 11.0. The van der Waals surface area contributed by atoms with E-state index in [9.17, 15) is 14.4 Å². The zero-order valence-electron chi connectivity index (χ0n) is 14.8. The van der Waals surface area contributed by atoms with E-state index in [1.165, 1.54) is 13.2 Å². The number of amides is 2. The molecule has 1 aromatic carbocycles. The fourth-order valence-corrected chi connectivity index (χ4v) is 2.61. The normalized spacial score (nSPS) is 13.7. The highest BCUT2D eigenvalue weighted by molar-refractivity contribution is 6.04. The summed E-state index contributed by atoms with van der Waals surface area (Å²) in [6.07, 6.45) is 0. The van der Waals surface area contributed by atoms with Gasteiger partial charge in [0.05, 0.1) is 25.9 Å². The first kappa shape index (κ1) is 18.5. The summed E-state index contributed by atoms with van der Waals surface area (Å²) in [7, 11) is 1.30. The van der Waals surface area contributed by atoms with Crippen LogP contribution in [0.25, 0.3) is 0 Å². The van der Waals surface area contributed by atoms with E-state index in [0.717, 1.165) is 0 Å². The second kappa shape index (κ2) is 8.41. The van der Waals surface area contributed by atoms with Crippen LogP contribution in [0.1, 0.15) is 31.3 Å². The van der Waals surface area contributed by atoms with Crippen molar-refractivity contribution in [2.45, 2.75) is 0 Å². The van der Waals surface area contributed by atoms with Gasteiger partial charge in [0, 0.05) is 18.8 Å². The van der Waals surface area contributed by atoms with Gasteiger partial charge in [-0.2, -0.15) is 0 Å². The van der Waals surface area contributed by atoms with Crippen molar-refractivity contribution in [1.29, 1.82) is 0 Å². The number of hydrogen-bond acceptors (Lipinski definition) is 6. The number of pyridine rings is 1. The van der Waals surface area contributed by atoms with Gasteiger partial charge in [-0.15, -0.1) is 0 Å². The van der Waals surface area contributed by atoms with Crippen LogP contribution in [0, 0.1) is 0 Å². The number of ether oxygens (including phenoxy) is 2. The Morgan fingerprint density at radius 3 is 2.37 bits per heavy atom. The predicted molar refractivity (Wildman–Crippen MR) is 96.7 cm³/mol. The maximum atomic E-state index is 12.5. The van der Waals surface area contributed by atoms with Gasteiger partial charge in [0.1, 0.15) is 11.4 Å². The van der Waals surface area contributed by atoms with E-state index in [2.05, 4.69) is 15.0 Å². The smallest absolute Gasteiger partial charge is 0.337 e. The highest BCUT2D eigenvalue weighted by Crippen LogP contribution is 2.12. The van der Waals surface area contributed by atoms with Crippen molar-refractivity contribution in [2.24, 2.45) is 0 Å². The summed E-state index contributed by atoms with van der Waals surface area (Å²) < 4.78 is 9.87. The van der Waals surface area contributed by atoms with Gasteiger partial charge in [0.25, 0.3) is 11.8 Å². The van der Waals surface area contributed by atoms with Crippen molar-refractivity contribution >= 4 is 23.5 Å². The fraction of sp³-hybridized carbons (Fsp3) is 0.263. The third-order valence-corrected chi connectivity index (χ3v) is 4.06. The number of aromatic nitrogens is 1. The topological polar surface area (TPSA) is 97.8 Å². The monoisotopic (exact) mass is 369 g/mol. The van der Waals surface area contributed by atoms with Crippen LogP contribution in [0.2, 0.25) is 0 Å². The summed E-state index contributed by atoms with van der Waals surface area (Å²) in [5.74, 6) is -1.13. The van der Waals surface area contributed by atoms with E-state index in [0.29, 0.717) is 37.6 Å². The second-order valence-corrected chi connectivity index (χ2v) is 5.84. The van der Waals surface area contributed by atoms with E-state index in [-0.39, 0.29) is 17.3 Å². The molecule has 1 aliphatic heterocycles. The first-order valence-corrected chi connectivity index (χ1v) is 8.42. The van der Waals surface area contributed by atoms with Gasteiger partial charge in [0.2, 0.25) is 0 Å². The number of nitrogens with one attached hydrogen (secondary N) is 1. The van der Waals surface area contributed by atoms with Crippen LogP contribution in [0.5, 0.6) is 0 Å². The maximum absolute atomic E-state index is 12.5. The zero-order valence-corrected chi connectivity index (χ0v) is 14.8. The highest BCUT2D eigenvalue weighted by Gasteiger charge is 2.20. The Hall–Kier alpha value is -3.26. The number of nitrogens with zero attached hydrogens (tertiary/aromatic N) is 2. The molecule has 3 rings (SSSR count). The first-order chi connectivity index (χ1) is 13.1. The largest absolute Gasteiger partial charge is 0.465 e. The maximum Gasteiger partial charge on any atom is 0.337 e. The Kier molecular flexibility index (Phi) is 5.77. The molecule has 0 spiro atoms. The third kappa shape index (κ3) is 4.48.